The van der Waals surface area contributed by atoms with Crippen LogP contribution in [0.5, 0.6) is 0 Å². The number of furan rings is 1. The third-order valence-corrected chi connectivity index (χ3v) is 29.0. The van der Waals surface area contributed by atoms with Crippen LogP contribution in [0.1, 0.15) is 536 Å². The maximum absolute atomic E-state index is 12.3. The van der Waals surface area contributed by atoms with Crippen LogP contribution >= 0.6 is 11.3 Å². The Kier molecular flexibility index (Phi) is 41.5. The molecule has 3 aliphatic heterocycles. The van der Waals surface area contributed by atoms with Gasteiger partial charge in [0, 0.05) is 129 Å². The number of amides is 1. The van der Waals surface area contributed by atoms with E-state index in [2.05, 4.69) is 517 Å². The molecule has 15 heteroatoms. The molecule has 1 amide bonds. The molecule has 135 heavy (non-hydrogen) atoms. The quantitative estimate of drug-likeness (QED) is 0.144. The summed E-state index contributed by atoms with van der Waals surface area (Å²) in [7, 11) is 0. The Bertz CT molecular complexity index is 4340. The highest BCUT2D eigenvalue weighted by atomic mass is 32.1. The smallest absolute Gasteiger partial charge is 0.226 e. The summed E-state index contributed by atoms with van der Waals surface area (Å²) in [5.41, 5.74) is 18.0. The molecule has 9 rings (SSSR count). The molecule has 0 aliphatic carbocycles. The zero-order chi connectivity index (χ0) is 108. The molecule has 14 nitrogen and oxygen atoms in total. The number of hydrogen-bond acceptors (Lipinski definition) is 12. The van der Waals surface area contributed by atoms with Crippen LogP contribution in [0.25, 0.3) is 0 Å². The van der Waals surface area contributed by atoms with Crippen molar-refractivity contribution in [2.24, 2.45) is 51.8 Å². The Balaban J connectivity index is 0.000000760. The molecule has 6 aromatic heterocycles. The number of carbonyl (C=O) groups excluding carboxylic acids is 1. The number of oxazole rings is 1. The fourth-order valence-corrected chi connectivity index (χ4v) is 24.8. The molecular weight excluding hydrogens is 1680 g/mol. The summed E-state index contributed by atoms with van der Waals surface area (Å²) in [5.74, 6) is 9.06. The van der Waals surface area contributed by atoms with Gasteiger partial charge in [-0.05, 0) is 274 Å². The Labute approximate surface area is 841 Å². The lowest BCUT2D eigenvalue weighted by molar-refractivity contribution is -0.136. The third-order valence-electron chi connectivity index (χ3n) is 27.6. The van der Waals surface area contributed by atoms with E-state index < -0.39 is 0 Å². The van der Waals surface area contributed by atoms with Crippen LogP contribution in [-0.4, -0.2) is 102 Å². The number of aromatic nitrogens is 7. The molecule has 0 spiro atoms. The van der Waals surface area contributed by atoms with E-state index in [0.29, 0.717) is 52.9 Å². The van der Waals surface area contributed by atoms with Gasteiger partial charge in [-0.15, -0.1) is 11.3 Å². The first kappa shape index (κ1) is 128. The largest absolute Gasteiger partial charge is 0.465 e. The molecule has 0 radical (unpaired) electrons. The summed E-state index contributed by atoms with van der Waals surface area (Å²) in [6, 6.07) is 3.09. The highest BCUT2D eigenvalue weighted by Crippen LogP contribution is 2.51. The lowest BCUT2D eigenvalue weighted by Gasteiger charge is -2.41. The van der Waals surface area contributed by atoms with Crippen LogP contribution < -0.4 is 0 Å². The fourth-order valence-electron chi connectivity index (χ4n) is 23.6. The number of rotatable bonds is 0. The van der Waals surface area contributed by atoms with E-state index in [4.69, 9.17) is 18.3 Å². The van der Waals surface area contributed by atoms with E-state index in [-0.39, 0.29) is 93.2 Å². The van der Waals surface area contributed by atoms with Crippen LogP contribution in [0.2, 0.25) is 0 Å². The van der Waals surface area contributed by atoms with Gasteiger partial charge in [0.15, 0.2) is 5.89 Å². The minimum atomic E-state index is -0.0647. The van der Waals surface area contributed by atoms with Crippen molar-refractivity contribution in [1.82, 2.24) is 49.4 Å². The molecule has 784 valence electrons. The molecule has 3 fully saturated rings. The van der Waals surface area contributed by atoms with Gasteiger partial charge in [-0.1, -0.05) is 296 Å². The Morgan fingerprint density at radius 2 is 0.674 bits per heavy atom. The summed E-state index contributed by atoms with van der Waals surface area (Å²) in [6.45, 7) is 159. The van der Waals surface area contributed by atoms with Crippen molar-refractivity contribution < 1.29 is 18.2 Å². The zero-order valence-corrected chi connectivity index (χ0v) is 104. The van der Waals surface area contributed by atoms with Crippen LogP contribution in [0.3, 0.4) is 0 Å². The predicted molar refractivity (Wildman–Crippen MR) is 591 cm³/mol. The maximum atomic E-state index is 12.3. The molecule has 11 unspecified atom stereocenters. The Hall–Kier alpha value is -4.86. The van der Waals surface area contributed by atoms with Crippen molar-refractivity contribution in [1.29, 1.82) is 0 Å². The first-order chi connectivity index (χ1) is 59.0. The summed E-state index contributed by atoms with van der Waals surface area (Å²) < 4.78 is 19.5. The molecule has 0 aromatic carbocycles. The van der Waals surface area contributed by atoms with Gasteiger partial charge in [0.2, 0.25) is 5.91 Å². The van der Waals surface area contributed by atoms with Crippen LogP contribution in [0, 0.1) is 114 Å². The Morgan fingerprint density at radius 1 is 0.304 bits per heavy atom. The van der Waals surface area contributed by atoms with Crippen molar-refractivity contribution in [2.45, 2.75) is 604 Å². The van der Waals surface area contributed by atoms with Gasteiger partial charge in [-0.2, -0.15) is 15.0 Å². The van der Waals surface area contributed by atoms with E-state index in [1.54, 1.807) is 0 Å². The van der Waals surface area contributed by atoms with Crippen molar-refractivity contribution in [3.05, 3.63) is 106 Å². The number of likely N-dealkylation sites (tertiary alicyclic amines) is 3. The lowest BCUT2D eigenvalue weighted by Crippen LogP contribution is -2.49. The van der Waals surface area contributed by atoms with Gasteiger partial charge in [-0.25, -0.2) is 9.97 Å². The topological polar surface area (TPSA) is 141 Å². The lowest BCUT2D eigenvalue weighted by atomic mass is 9.71. The summed E-state index contributed by atoms with van der Waals surface area (Å²) in [5, 5.41) is 14.4. The van der Waals surface area contributed by atoms with Crippen molar-refractivity contribution in [2.75, 3.05) is 0 Å². The van der Waals surface area contributed by atoms with E-state index in [1.807, 2.05) is 30.0 Å². The molecule has 6 aromatic rings. The van der Waals surface area contributed by atoms with Gasteiger partial charge in [-0.3, -0.25) is 14.6 Å². The molecule has 3 aliphatic rings. The second-order valence-electron chi connectivity index (χ2n) is 60.0. The molecule has 11 atom stereocenters. The molecule has 0 bridgehead atoms. The Morgan fingerprint density at radius 3 is 0.852 bits per heavy atom. The summed E-state index contributed by atoms with van der Waals surface area (Å²) in [4.78, 5) is 32.4. The second kappa shape index (κ2) is 43.8. The molecule has 9 heterocycles. The highest BCUT2D eigenvalue weighted by Gasteiger charge is 2.54. The summed E-state index contributed by atoms with van der Waals surface area (Å²) >= 11 is 1.84. The van der Waals surface area contributed by atoms with E-state index in [1.165, 1.54) is 54.8 Å². The fraction of sp³-hybridized carbons (Fsp3) is 0.833. The van der Waals surface area contributed by atoms with Crippen LogP contribution in [0.4, 0.5) is 0 Å². The number of thiazole rings is 1. The number of carbonyl (C=O) groups is 1. The number of hydrogen-bond donors (Lipinski definition) is 0. The zero-order valence-electron chi connectivity index (χ0n) is 103. The molecule has 0 saturated carbocycles. The van der Waals surface area contributed by atoms with Crippen LogP contribution in [-0.2, 0) is 70.0 Å². The van der Waals surface area contributed by atoms with Crippen LogP contribution in [0.15, 0.2) is 13.4 Å². The van der Waals surface area contributed by atoms with Gasteiger partial charge in [0.1, 0.15) is 23.0 Å². The van der Waals surface area contributed by atoms with E-state index in [9.17, 15) is 4.79 Å². The first-order valence-corrected chi connectivity index (χ1v) is 52.9. The van der Waals surface area contributed by atoms with Crippen molar-refractivity contribution in [3.63, 3.8) is 0 Å². The normalized spacial score (nSPS) is 21.5. The van der Waals surface area contributed by atoms with E-state index >= 15 is 0 Å². The molecular formula is C120H224N10O4S. The van der Waals surface area contributed by atoms with E-state index in [0.717, 1.165) is 75.4 Å². The van der Waals surface area contributed by atoms with Gasteiger partial charge >= 0.3 is 0 Å². The first-order valence-electron chi connectivity index (χ1n) is 52.1. The predicted octanol–water partition coefficient (Wildman–Crippen LogP) is 34.5. The molecule has 0 N–H and O–H groups in total. The standard InChI is InChI=1S/2C15H31N.C15H27N.C14H27NO.C14H24O.2C12H21NO.C12H21NS.C11H21N3/c3*1-10-11(2)16(15(7,8)9)12(3)13(10)14(4,5)6;1-9-11(13(3,4)5)10(2)15(12(9)16)14(6,7)8;1-9-11(13(3,4)5)10(2)15-12(9)14(6,7)8;1-8-9(11(2,3)4)13-10(14-8)12(5,6)7;1-8-9(11(2,3)4)13-14-10(8)12(5,6)7;1-8-9(11(2,3)4)13-10(14-8)12(5,6)7;1-8-9(10(2,3)4)13-14(12-8)11(5,6)7/h2*10-13H,1-9H3;1-9H3;9-11H,1-8H3;1-8H3;4*1-7H3. The molecule has 3 saturated heterocycles. The number of nitrogens with zero attached hydrogens (tertiary/aromatic N) is 10. The SMILES string of the molecule is CC1C(=O)N(C(C)(C)C)C(C)C1C(C)(C)C.CC1C(C)N(C(C)(C)C)C(C)C1C(C)(C)C.CC1C(C)N(C(C)(C)C)C(C)C1C(C)(C)C.Cc1c(C(C)(C)C)c(C)n(C(C)(C)C)c1C.Cc1c(C(C)(C)C)noc1C(C)(C)C.Cc1nn(C(C)(C)C)nc1C(C)(C)C.Cc1oc(C(C)(C)C)c(C)c1C(C)(C)C.Cc1oc(C(C)(C)C)nc1C(C)(C)C.Cc1sc(C(C)(C)C)nc1C(C)(C)C. The second-order valence-corrected chi connectivity index (χ2v) is 61.2. The minimum absolute atomic E-state index is 0.00569. The van der Waals surface area contributed by atoms with Crippen molar-refractivity contribution in [3.8, 4) is 0 Å². The van der Waals surface area contributed by atoms with Gasteiger partial charge in [0.25, 0.3) is 0 Å². The number of aryl methyl sites for hydroxylation is 4. The summed E-state index contributed by atoms with van der Waals surface area (Å²) in [6.07, 6.45) is 0. The third kappa shape index (κ3) is 33.9. The average Bonchev–Trinajstić information content (AvgIpc) is 1.64. The minimum Gasteiger partial charge on any atom is -0.465 e. The average molecular weight is 1900 g/mol. The van der Waals surface area contributed by atoms with Gasteiger partial charge < -0.3 is 22.8 Å². The van der Waals surface area contributed by atoms with Crippen molar-refractivity contribution >= 4 is 17.2 Å². The maximum Gasteiger partial charge on any atom is 0.226 e. The van der Waals surface area contributed by atoms with Gasteiger partial charge in [0.05, 0.1) is 39.0 Å². The monoisotopic (exact) mass is 1900 g/mol. The highest BCUT2D eigenvalue weighted by molar-refractivity contribution is 7.11.